The molecule has 4 aromatic carbocycles. The lowest BCUT2D eigenvalue weighted by molar-refractivity contribution is -0.162. The summed E-state index contributed by atoms with van der Waals surface area (Å²) in [6, 6.07) is 18.6. The average molecular weight is 356 g/mol. The number of carbonyl (C=O) groups is 2. The second-order valence-corrected chi connectivity index (χ2v) is 7.41. The first-order chi connectivity index (χ1) is 13.1. The molecule has 0 aromatic heterocycles. The standard InChI is InChI=1S/C22H16N2O3/c1-24-19(18-20(27-24)22(26)23-21(18)25)15-10-13-6-2-4-11-8-9-12-5-3-7-14(15)17(12)16(11)13/h2-10,18-20H,1H3,(H,23,25,26)/t18-,19+,20+/m1/s1. The molecule has 6 rings (SSSR count). The van der Waals surface area contributed by atoms with Crippen LogP contribution in [0, 0.1) is 5.92 Å². The van der Waals surface area contributed by atoms with Crippen LogP contribution in [0.5, 0.6) is 0 Å². The van der Waals surface area contributed by atoms with Gasteiger partial charge in [0.2, 0.25) is 5.91 Å². The molecular formula is C22H16N2O3. The smallest absolute Gasteiger partial charge is 0.258 e. The molecule has 2 fully saturated rings. The summed E-state index contributed by atoms with van der Waals surface area (Å²) >= 11 is 0. The molecule has 0 aliphatic carbocycles. The lowest BCUT2D eigenvalue weighted by atomic mass is 9.84. The van der Waals surface area contributed by atoms with Crippen LogP contribution < -0.4 is 5.32 Å². The minimum absolute atomic E-state index is 0.260. The van der Waals surface area contributed by atoms with Crippen LogP contribution in [0.25, 0.3) is 32.3 Å². The molecule has 0 saturated carbocycles. The Morgan fingerprint density at radius 1 is 0.889 bits per heavy atom. The normalized spacial score (nSPS) is 25.7. The van der Waals surface area contributed by atoms with Gasteiger partial charge < -0.3 is 0 Å². The Bertz CT molecular complexity index is 1260. The van der Waals surface area contributed by atoms with Gasteiger partial charge in [-0.15, -0.1) is 0 Å². The molecule has 2 amide bonds. The van der Waals surface area contributed by atoms with Gasteiger partial charge >= 0.3 is 0 Å². The van der Waals surface area contributed by atoms with Gasteiger partial charge in [0, 0.05) is 7.05 Å². The predicted molar refractivity (Wildman–Crippen MR) is 102 cm³/mol. The van der Waals surface area contributed by atoms with Gasteiger partial charge in [0.1, 0.15) is 0 Å². The number of nitrogens with zero attached hydrogens (tertiary/aromatic N) is 1. The van der Waals surface area contributed by atoms with E-state index in [-0.39, 0.29) is 17.9 Å². The van der Waals surface area contributed by atoms with Crippen LogP contribution in [-0.4, -0.2) is 30.0 Å². The summed E-state index contributed by atoms with van der Waals surface area (Å²) in [7, 11) is 1.80. The lowest BCUT2D eigenvalue weighted by Crippen LogP contribution is -2.31. The van der Waals surface area contributed by atoms with E-state index >= 15 is 0 Å². The van der Waals surface area contributed by atoms with Gasteiger partial charge in [-0.1, -0.05) is 48.5 Å². The second kappa shape index (κ2) is 5.03. The average Bonchev–Trinajstić information content (AvgIpc) is 3.15. The third kappa shape index (κ3) is 1.85. The fraction of sp³-hybridized carbons (Fsp3) is 0.182. The van der Waals surface area contributed by atoms with Gasteiger partial charge in [0.15, 0.2) is 6.10 Å². The highest BCUT2D eigenvalue weighted by molar-refractivity contribution is 6.24. The number of hydrogen-bond acceptors (Lipinski definition) is 4. The Labute approximate surface area is 154 Å². The maximum Gasteiger partial charge on any atom is 0.258 e. The highest BCUT2D eigenvalue weighted by atomic mass is 16.7. The van der Waals surface area contributed by atoms with E-state index in [1.165, 1.54) is 21.5 Å². The van der Waals surface area contributed by atoms with Crippen LogP contribution >= 0.6 is 0 Å². The maximum absolute atomic E-state index is 12.5. The molecule has 5 heteroatoms. The molecule has 0 unspecified atom stereocenters. The summed E-state index contributed by atoms with van der Waals surface area (Å²) in [6.07, 6.45) is -0.749. The van der Waals surface area contributed by atoms with Crippen LogP contribution in [-0.2, 0) is 14.4 Å². The Hall–Kier alpha value is -3.02. The van der Waals surface area contributed by atoms with Crippen molar-refractivity contribution >= 4 is 44.1 Å². The van der Waals surface area contributed by atoms with Crippen molar-refractivity contribution in [1.82, 2.24) is 10.4 Å². The van der Waals surface area contributed by atoms with E-state index < -0.39 is 12.0 Å². The fourth-order valence-corrected chi connectivity index (χ4v) is 4.89. The number of rotatable bonds is 1. The van der Waals surface area contributed by atoms with Crippen molar-refractivity contribution in [3.8, 4) is 0 Å². The summed E-state index contributed by atoms with van der Waals surface area (Å²) in [5.41, 5.74) is 1.02. The van der Waals surface area contributed by atoms with Crippen molar-refractivity contribution in [2.24, 2.45) is 5.92 Å². The molecule has 5 nitrogen and oxygen atoms in total. The molecule has 0 radical (unpaired) electrons. The summed E-state index contributed by atoms with van der Waals surface area (Å²) in [6.45, 7) is 0. The quantitative estimate of drug-likeness (QED) is 0.420. The molecule has 27 heavy (non-hydrogen) atoms. The van der Waals surface area contributed by atoms with Gasteiger partial charge in [-0.3, -0.25) is 19.7 Å². The van der Waals surface area contributed by atoms with Crippen molar-refractivity contribution in [3.63, 3.8) is 0 Å². The first-order valence-corrected chi connectivity index (χ1v) is 9.04. The van der Waals surface area contributed by atoms with Gasteiger partial charge in [-0.05, 0) is 43.9 Å². The van der Waals surface area contributed by atoms with Crippen molar-refractivity contribution < 1.29 is 14.4 Å². The fourth-order valence-electron chi connectivity index (χ4n) is 4.89. The second-order valence-electron chi connectivity index (χ2n) is 7.41. The van der Waals surface area contributed by atoms with E-state index in [0.29, 0.717) is 0 Å². The summed E-state index contributed by atoms with van der Waals surface area (Å²) < 4.78 is 0. The van der Waals surface area contributed by atoms with Crippen LogP contribution in [0.15, 0.2) is 54.6 Å². The predicted octanol–water partition coefficient (Wildman–Crippen LogP) is 3.14. The molecule has 1 N–H and O–H groups in total. The van der Waals surface area contributed by atoms with Crippen LogP contribution in [0.3, 0.4) is 0 Å². The monoisotopic (exact) mass is 356 g/mol. The summed E-state index contributed by atoms with van der Waals surface area (Å²) in [4.78, 5) is 30.3. The molecule has 0 bridgehead atoms. The van der Waals surface area contributed by atoms with Gasteiger partial charge in [-0.25, -0.2) is 0 Å². The van der Waals surface area contributed by atoms with E-state index in [1.807, 2.05) is 6.07 Å². The lowest BCUT2D eigenvalue weighted by Gasteiger charge is -2.24. The topological polar surface area (TPSA) is 58.6 Å². The number of carbonyl (C=O) groups excluding carboxylic acids is 2. The van der Waals surface area contributed by atoms with Crippen LogP contribution in [0.2, 0.25) is 0 Å². The third-order valence-corrected chi connectivity index (χ3v) is 6.00. The maximum atomic E-state index is 12.5. The Kier molecular flexibility index (Phi) is 2.81. The zero-order valence-corrected chi connectivity index (χ0v) is 14.6. The van der Waals surface area contributed by atoms with Crippen molar-refractivity contribution in [1.29, 1.82) is 0 Å². The number of nitrogens with one attached hydrogen (secondary N) is 1. The van der Waals surface area contributed by atoms with Crippen molar-refractivity contribution in [3.05, 3.63) is 60.2 Å². The molecule has 2 saturated heterocycles. The molecular weight excluding hydrogens is 340 g/mol. The van der Waals surface area contributed by atoms with Crippen molar-refractivity contribution in [2.75, 3.05) is 7.05 Å². The third-order valence-electron chi connectivity index (χ3n) is 6.00. The minimum Gasteiger partial charge on any atom is -0.294 e. The zero-order valence-electron chi connectivity index (χ0n) is 14.6. The number of fused-ring (bicyclic) bond motifs is 1. The summed E-state index contributed by atoms with van der Waals surface area (Å²) in [5.74, 6) is -1.14. The Balaban J connectivity index is 1.71. The first-order valence-electron chi connectivity index (χ1n) is 9.04. The van der Waals surface area contributed by atoms with E-state index in [1.54, 1.807) is 12.1 Å². The molecule has 2 aliphatic rings. The number of benzene rings is 4. The van der Waals surface area contributed by atoms with Crippen molar-refractivity contribution in [2.45, 2.75) is 12.1 Å². The van der Waals surface area contributed by atoms with Crippen LogP contribution in [0.4, 0.5) is 0 Å². The molecule has 3 atom stereocenters. The number of amides is 2. The van der Waals surface area contributed by atoms with E-state index in [0.717, 1.165) is 16.3 Å². The Morgan fingerprint density at radius 3 is 2.41 bits per heavy atom. The zero-order chi connectivity index (χ0) is 18.3. The molecule has 2 heterocycles. The number of imide groups is 1. The number of hydrogen-bond donors (Lipinski definition) is 1. The molecule has 132 valence electrons. The van der Waals surface area contributed by atoms with Gasteiger partial charge in [0.25, 0.3) is 5.91 Å². The van der Waals surface area contributed by atoms with Crippen LogP contribution in [0.1, 0.15) is 11.6 Å². The van der Waals surface area contributed by atoms with Gasteiger partial charge in [-0.2, -0.15) is 5.06 Å². The van der Waals surface area contributed by atoms with E-state index in [4.69, 9.17) is 4.84 Å². The molecule has 0 spiro atoms. The van der Waals surface area contributed by atoms with E-state index in [2.05, 4.69) is 53.8 Å². The Morgan fingerprint density at radius 2 is 1.59 bits per heavy atom. The largest absolute Gasteiger partial charge is 0.294 e. The highest BCUT2D eigenvalue weighted by Gasteiger charge is 2.55. The van der Waals surface area contributed by atoms with E-state index in [9.17, 15) is 9.59 Å². The summed E-state index contributed by atoms with van der Waals surface area (Å²) in [5, 5.41) is 11.1. The SMILES string of the molecule is CN1O[C@@H]2C(=O)NC(=O)[C@@H]2[C@@H]1c1cc2cccc3ccc4cccc1c4c32. The minimum atomic E-state index is -0.749. The number of hydroxylamine groups is 2. The molecule has 2 aliphatic heterocycles. The first kappa shape index (κ1) is 15.1. The van der Waals surface area contributed by atoms with Gasteiger partial charge in [0.05, 0.1) is 12.0 Å². The highest BCUT2D eigenvalue weighted by Crippen LogP contribution is 2.46. The molecule has 4 aromatic rings.